The van der Waals surface area contributed by atoms with Crippen molar-refractivity contribution in [1.29, 1.82) is 0 Å². The first-order valence-corrected chi connectivity index (χ1v) is 7.24. The average Bonchev–Trinajstić information content (AvgIpc) is 2.89. The number of rotatable bonds is 6. The minimum atomic E-state index is -0.658. The predicted molar refractivity (Wildman–Crippen MR) is 81.0 cm³/mol. The maximum atomic E-state index is 13.8. The Morgan fingerprint density at radius 2 is 1.85 bits per heavy atom. The second kappa shape index (κ2) is 6.95. The van der Waals surface area contributed by atoms with Crippen molar-refractivity contribution < 1.29 is 8.78 Å². The molecule has 0 spiro atoms. The van der Waals surface area contributed by atoms with Crippen LogP contribution in [0.4, 0.5) is 14.5 Å². The lowest BCUT2D eigenvalue weighted by atomic mass is 10.2. The molecule has 20 heavy (non-hydrogen) atoms. The van der Waals surface area contributed by atoms with E-state index in [9.17, 15) is 8.78 Å². The highest BCUT2D eigenvalue weighted by Gasteiger charge is 2.13. The van der Waals surface area contributed by atoms with Gasteiger partial charge in [0.25, 0.3) is 0 Å². The van der Waals surface area contributed by atoms with Gasteiger partial charge in [0.15, 0.2) is 0 Å². The van der Waals surface area contributed by atoms with Crippen molar-refractivity contribution in [2.24, 2.45) is 5.73 Å². The molecule has 0 saturated carbocycles. The lowest BCUT2D eigenvalue weighted by Gasteiger charge is -2.15. The molecule has 1 fully saturated rings. The molecule has 0 bridgehead atoms. The molecule has 0 unspecified atom stereocenters. The van der Waals surface area contributed by atoms with Crippen LogP contribution in [0, 0.1) is 11.6 Å². The number of thiocarbonyl (C=S) groups is 1. The van der Waals surface area contributed by atoms with Crippen LogP contribution in [0.3, 0.4) is 0 Å². The van der Waals surface area contributed by atoms with E-state index in [1.807, 2.05) is 0 Å². The molecule has 3 nitrogen and oxygen atoms in total. The molecule has 0 aliphatic carbocycles. The molecule has 0 amide bonds. The lowest BCUT2D eigenvalue weighted by molar-refractivity contribution is 0.337. The highest BCUT2D eigenvalue weighted by Crippen LogP contribution is 2.21. The van der Waals surface area contributed by atoms with Gasteiger partial charge in [-0.1, -0.05) is 12.2 Å². The van der Waals surface area contributed by atoms with Gasteiger partial charge in [-0.15, -0.1) is 0 Å². The second-order valence-electron chi connectivity index (χ2n) is 5.01. The topological polar surface area (TPSA) is 41.3 Å². The summed E-state index contributed by atoms with van der Waals surface area (Å²) in [5, 5.41) is 2.81. The molecule has 1 aliphatic rings. The van der Waals surface area contributed by atoms with Gasteiger partial charge in [-0.2, -0.15) is 0 Å². The van der Waals surface area contributed by atoms with Crippen LogP contribution in [0.2, 0.25) is 0 Å². The van der Waals surface area contributed by atoms with E-state index in [1.165, 1.54) is 12.8 Å². The minimum Gasteiger partial charge on any atom is -0.389 e. The molecular formula is C14H19F2N3S. The molecule has 0 radical (unpaired) electrons. The van der Waals surface area contributed by atoms with Crippen molar-refractivity contribution >= 4 is 22.9 Å². The first kappa shape index (κ1) is 15.1. The summed E-state index contributed by atoms with van der Waals surface area (Å²) < 4.78 is 27.5. The summed E-state index contributed by atoms with van der Waals surface area (Å²) in [6, 6.07) is 2.32. The standard InChI is InChI=1S/C14H19F2N3S/c15-11-8-10(14(17)20)9-12(16)13(11)18-4-3-7-19-5-1-2-6-19/h8-9,18H,1-7H2,(H2,17,20). The number of hydrogen-bond donors (Lipinski definition) is 2. The van der Waals surface area contributed by atoms with Crippen LogP contribution in [0.25, 0.3) is 0 Å². The zero-order valence-corrected chi connectivity index (χ0v) is 12.1. The van der Waals surface area contributed by atoms with Gasteiger partial charge in [0.05, 0.1) is 0 Å². The third-order valence-electron chi connectivity index (χ3n) is 3.48. The molecule has 110 valence electrons. The number of nitrogens with one attached hydrogen (secondary N) is 1. The molecule has 3 N–H and O–H groups in total. The first-order valence-electron chi connectivity index (χ1n) is 6.83. The second-order valence-corrected chi connectivity index (χ2v) is 5.45. The number of halogens is 2. The van der Waals surface area contributed by atoms with E-state index in [0.29, 0.717) is 6.54 Å². The molecule has 1 aromatic carbocycles. The van der Waals surface area contributed by atoms with Gasteiger partial charge in [-0.3, -0.25) is 0 Å². The van der Waals surface area contributed by atoms with Gasteiger partial charge in [0.1, 0.15) is 22.3 Å². The fourth-order valence-corrected chi connectivity index (χ4v) is 2.52. The van der Waals surface area contributed by atoms with E-state index in [1.54, 1.807) is 0 Å². The van der Waals surface area contributed by atoms with Crippen LogP contribution in [-0.4, -0.2) is 36.1 Å². The van der Waals surface area contributed by atoms with Crippen molar-refractivity contribution in [3.8, 4) is 0 Å². The highest BCUT2D eigenvalue weighted by atomic mass is 32.1. The fourth-order valence-electron chi connectivity index (χ4n) is 2.41. The molecule has 2 rings (SSSR count). The molecule has 1 heterocycles. The van der Waals surface area contributed by atoms with Crippen LogP contribution < -0.4 is 11.1 Å². The van der Waals surface area contributed by atoms with E-state index in [0.717, 1.165) is 38.2 Å². The van der Waals surface area contributed by atoms with E-state index in [-0.39, 0.29) is 16.2 Å². The van der Waals surface area contributed by atoms with Gasteiger partial charge in [0, 0.05) is 12.1 Å². The molecule has 0 atom stereocenters. The van der Waals surface area contributed by atoms with Crippen LogP contribution in [0.1, 0.15) is 24.8 Å². The van der Waals surface area contributed by atoms with Gasteiger partial charge >= 0.3 is 0 Å². The predicted octanol–water partition coefficient (Wildman–Crippen LogP) is 2.50. The maximum Gasteiger partial charge on any atom is 0.150 e. The summed E-state index contributed by atoms with van der Waals surface area (Å²) in [5.41, 5.74) is 5.47. The van der Waals surface area contributed by atoms with Crippen molar-refractivity contribution in [3.05, 3.63) is 29.3 Å². The summed E-state index contributed by atoms with van der Waals surface area (Å²) in [6.45, 7) is 3.76. The molecule has 0 aromatic heterocycles. The van der Waals surface area contributed by atoms with Gasteiger partial charge in [-0.25, -0.2) is 8.78 Å². The van der Waals surface area contributed by atoms with Crippen LogP contribution in [0.5, 0.6) is 0 Å². The summed E-state index contributed by atoms with van der Waals surface area (Å²) in [6.07, 6.45) is 3.35. The van der Waals surface area contributed by atoms with Crippen molar-refractivity contribution in [3.63, 3.8) is 0 Å². The number of likely N-dealkylation sites (tertiary alicyclic amines) is 1. The number of anilines is 1. The van der Waals surface area contributed by atoms with E-state index in [2.05, 4.69) is 10.2 Å². The molecule has 1 saturated heterocycles. The Labute approximate surface area is 123 Å². The lowest BCUT2D eigenvalue weighted by Crippen LogP contribution is -2.22. The van der Waals surface area contributed by atoms with Gasteiger partial charge in [-0.05, 0) is 51.0 Å². The van der Waals surface area contributed by atoms with Crippen LogP contribution >= 0.6 is 12.2 Å². The molecular weight excluding hydrogens is 280 g/mol. The normalized spacial score (nSPS) is 15.5. The van der Waals surface area contributed by atoms with E-state index < -0.39 is 11.6 Å². The van der Waals surface area contributed by atoms with Crippen molar-refractivity contribution in [1.82, 2.24) is 4.90 Å². The maximum absolute atomic E-state index is 13.8. The summed E-state index contributed by atoms with van der Waals surface area (Å²) in [4.78, 5) is 2.35. The monoisotopic (exact) mass is 299 g/mol. The Hall–Kier alpha value is -1.27. The van der Waals surface area contributed by atoms with Crippen molar-refractivity contribution in [2.75, 3.05) is 31.5 Å². The van der Waals surface area contributed by atoms with E-state index >= 15 is 0 Å². The number of nitrogens with two attached hydrogens (primary N) is 1. The number of nitrogens with zero attached hydrogens (tertiary/aromatic N) is 1. The first-order chi connectivity index (χ1) is 9.58. The Balaban J connectivity index is 1.87. The van der Waals surface area contributed by atoms with E-state index in [4.69, 9.17) is 18.0 Å². The highest BCUT2D eigenvalue weighted by molar-refractivity contribution is 7.80. The average molecular weight is 299 g/mol. The zero-order valence-electron chi connectivity index (χ0n) is 11.3. The SMILES string of the molecule is NC(=S)c1cc(F)c(NCCCN2CCCC2)c(F)c1. The number of benzene rings is 1. The quantitative estimate of drug-likeness (QED) is 0.625. The van der Waals surface area contributed by atoms with Crippen molar-refractivity contribution in [2.45, 2.75) is 19.3 Å². The van der Waals surface area contributed by atoms with Gasteiger partial charge < -0.3 is 16.0 Å². The molecule has 6 heteroatoms. The minimum absolute atomic E-state index is 0.0108. The number of hydrogen-bond acceptors (Lipinski definition) is 3. The summed E-state index contributed by atoms with van der Waals surface area (Å²) >= 11 is 4.71. The summed E-state index contributed by atoms with van der Waals surface area (Å²) in [7, 11) is 0. The smallest absolute Gasteiger partial charge is 0.150 e. The van der Waals surface area contributed by atoms with Crippen LogP contribution in [-0.2, 0) is 0 Å². The fraction of sp³-hybridized carbons (Fsp3) is 0.500. The third-order valence-corrected chi connectivity index (χ3v) is 3.71. The Bertz CT molecular complexity index is 464. The molecule has 1 aromatic rings. The Morgan fingerprint density at radius 1 is 1.25 bits per heavy atom. The van der Waals surface area contributed by atoms with Crippen LogP contribution in [0.15, 0.2) is 12.1 Å². The molecule has 1 aliphatic heterocycles. The Morgan fingerprint density at radius 3 is 2.40 bits per heavy atom. The summed E-state index contributed by atoms with van der Waals surface area (Å²) in [5.74, 6) is -1.32. The zero-order chi connectivity index (χ0) is 14.5. The van der Waals surface area contributed by atoms with Gasteiger partial charge in [0.2, 0.25) is 0 Å². The largest absolute Gasteiger partial charge is 0.389 e. The third kappa shape index (κ3) is 3.86. The Kier molecular flexibility index (Phi) is 5.25.